The van der Waals surface area contributed by atoms with Gasteiger partial charge in [0.25, 0.3) is 0 Å². The van der Waals surface area contributed by atoms with E-state index in [0.29, 0.717) is 0 Å². The molecule has 3 rings (SSSR count). The number of Topliss-reactive ketones (excluding diaryl/α,β-unsaturated/α-hetero) is 1. The maximum atomic E-state index is 11.9. The van der Waals surface area contributed by atoms with Crippen molar-refractivity contribution < 1.29 is 9.53 Å². The van der Waals surface area contributed by atoms with Crippen LogP contribution in [0.25, 0.3) is 0 Å². The summed E-state index contributed by atoms with van der Waals surface area (Å²) >= 11 is 0. The van der Waals surface area contributed by atoms with Gasteiger partial charge in [0.2, 0.25) is 0 Å². The lowest BCUT2D eigenvalue weighted by Gasteiger charge is -2.39. The van der Waals surface area contributed by atoms with Crippen LogP contribution in [0.15, 0.2) is 23.5 Å². The van der Waals surface area contributed by atoms with Crippen LogP contribution in [0.3, 0.4) is 0 Å². The summed E-state index contributed by atoms with van der Waals surface area (Å²) in [6.45, 7) is 7.67. The van der Waals surface area contributed by atoms with Gasteiger partial charge in [-0.1, -0.05) is 0 Å². The molecule has 1 N–H and O–H groups in total. The maximum absolute atomic E-state index is 11.9. The molecule has 2 unspecified atom stereocenters. The number of carbonyl (C=O) groups is 1. The summed E-state index contributed by atoms with van der Waals surface area (Å²) in [5, 5.41) is 3.47. The molecule has 2 aliphatic heterocycles. The van der Waals surface area contributed by atoms with E-state index < -0.39 is 0 Å². The van der Waals surface area contributed by atoms with Crippen molar-refractivity contribution in [2.24, 2.45) is 0 Å². The van der Waals surface area contributed by atoms with Gasteiger partial charge in [0.1, 0.15) is 11.8 Å². The summed E-state index contributed by atoms with van der Waals surface area (Å²) in [5.41, 5.74) is 5.43. The second-order valence-corrected chi connectivity index (χ2v) is 5.72. The summed E-state index contributed by atoms with van der Waals surface area (Å²) in [7, 11) is 2.02. The van der Waals surface area contributed by atoms with Gasteiger partial charge in [-0.3, -0.25) is 4.79 Å². The third-order valence-electron chi connectivity index (χ3n) is 4.34. The Kier molecular flexibility index (Phi) is 2.78. The highest BCUT2D eigenvalue weighted by Gasteiger charge is 2.43. The van der Waals surface area contributed by atoms with Crippen molar-refractivity contribution in [1.82, 2.24) is 0 Å². The summed E-state index contributed by atoms with van der Waals surface area (Å²) in [6, 6.07) is 4.22. The van der Waals surface area contributed by atoms with Crippen molar-refractivity contribution in [3.63, 3.8) is 0 Å². The minimum absolute atomic E-state index is 0.0724. The second kappa shape index (κ2) is 4.27. The fraction of sp³-hybridized carbons (Fsp3) is 0.438. The molecule has 4 nitrogen and oxygen atoms in total. The van der Waals surface area contributed by atoms with Crippen molar-refractivity contribution in [3.8, 4) is 0 Å². The van der Waals surface area contributed by atoms with E-state index in [1.54, 1.807) is 6.92 Å². The quantitative estimate of drug-likeness (QED) is 0.853. The first-order valence-electron chi connectivity index (χ1n) is 6.89. The number of benzene rings is 1. The Hall–Kier alpha value is -1.97. The van der Waals surface area contributed by atoms with Gasteiger partial charge in [0.15, 0.2) is 12.0 Å². The number of allylic oxidation sites excluding steroid dienone is 1. The number of carbonyl (C=O) groups excluding carboxylic acids is 1. The number of ketones is 1. The van der Waals surface area contributed by atoms with Gasteiger partial charge < -0.3 is 15.0 Å². The average Bonchev–Trinajstić information content (AvgIpc) is 2.69. The molecule has 2 atom stereocenters. The van der Waals surface area contributed by atoms with Gasteiger partial charge in [0.05, 0.1) is 16.9 Å². The zero-order valence-corrected chi connectivity index (χ0v) is 12.6. The number of hydrogen-bond acceptors (Lipinski definition) is 4. The number of nitrogens with zero attached hydrogens (tertiary/aromatic N) is 1. The van der Waals surface area contributed by atoms with Crippen LogP contribution in [-0.4, -0.2) is 25.1 Å². The molecule has 2 aliphatic rings. The molecule has 0 saturated heterocycles. The van der Waals surface area contributed by atoms with Crippen molar-refractivity contribution in [2.45, 2.75) is 40.0 Å². The van der Waals surface area contributed by atoms with Crippen molar-refractivity contribution >= 4 is 17.2 Å². The number of anilines is 2. The van der Waals surface area contributed by atoms with E-state index >= 15 is 0 Å². The van der Waals surface area contributed by atoms with Gasteiger partial charge in [-0.25, -0.2) is 0 Å². The fourth-order valence-electron chi connectivity index (χ4n) is 3.10. The predicted octanol–water partition coefficient (Wildman–Crippen LogP) is 2.75. The Balaban J connectivity index is 2.07. The van der Waals surface area contributed by atoms with E-state index in [9.17, 15) is 4.79 Å². The molecule has 0 spiro atoms. The Morgan fingerprint density at radius 1 is 1.25 bits per heavy atom. The lowest BCUT2D eigenvalue weighted by atomic mass is 9.97. The number of hydrogen-bond donors (Lipinski definition) is 1. The molecule has 0 saturated carbocycles. The van der Waals surface area contributed by atoms with Gasteiger partial charge in [-0.05, 0) is 51.0 Å². The Morgan fingerprint density at radius 2 is 1.90 bits per heavy atom. The van der Waals surface area contributed by atoms with Crippen LogP contribution in [0.2, 0.25) is 0 Å². The normalized spacial score (nSPS) is 23.9. The summed E-state index contributed by atoms with van der Waals surface area (Å²) in [6.07, 6.45) is -0.150. The number of ether oxygens (including phenoxy) is 1. The van der Waals surface area contributed by atoms with Gasteiger partial charge in [-0.2, -0.15) is 0 Å². The zero-order valence-electron chi connectivity index (χ0n) is 12.6. The van der Waals surface area contributed by atoms with Crippen LogP contribution < -0.4 is 10.2 Å². The molecule has 106 valence electrons. The predicted molar refractivity (Wildman–Crippen MR) is 80.0 cm³/mol. The molecule has 4 heteroatoms. The average molecular weight is 272 g/mol. The van der Waals surface area contributed by atoms with E-state index in [4.69, 9.17) is 4.74 Å². The minimum Gasteiger partial charge on any atom is -0.472 e. The highest BCUT2D eigenvalue weighted by molar-refractivity contribution is 5.97. The zero-order chi connectivity index (χ0) is 14.6. The highest BCUT2D eigenvalue weighted by Crippen LogP contribution is 2.41. The Bertz CT molecular complexity index is 634. The number of nitrogens with one attached hydrogen (secondary N) is 1. The topological polar surface area (TPSA) is 41.6 Å². The molecule has 0 radical (unpaired) electrons. The number of fused-ring (bicyclic) bond motifs is 2. The van der Waals surface area contributed by atoms with Crippen molar-refractivity contribution in [3.05, 3.63) is 34.6 Å². The van der Waals surface area contributed by atoms with Crippen LogP contribution in [0, 0.1) is 13.8 Å². The molecular weight excluding hydrogens is 252 g/mol. The van der Waals surface area contributed by atoms with Gasteiger partial charge in [0, 0.05) is 7.05 Å². The van der Waals surface area contributed by atoms with Crippen LogP contribution in [-0.2, 0) is 9.53 Å². The van der Waals surface area contributed by atoms with Crippen LogP contribution >= 0.6 is 0 Å². The lowest BCUT2D eigenvalue weighted by molar-refractivity contribution is -0.113. The van der Waals surface area contributed by atoms with E-state index in [1.165, 1.54) is 11.1 Å². The molecule has 0 aromatic heterocycles. The standard InChI is InChI=1S/C16H20N2O2/c1-8-6-12-13(7-9(8)2)18(5)16-15(17-12)14(10(3)19)11(4)20-16/h6-7,15-17H,1-5H3. The van der Waals surface area contributed by atoms with Crippen LogP contribution in [0.5, 0.6) is 0 Å². The molecule has 0 aliphatic carbocycles. The molecule has 0 bridgehead atoms. The third kappa shape index (κ3) is 1.71. The smallest absolute Gasteiger partial charge is 0.196 e. The minimum atomic E-state index is -0.150. The summed E-state index contributed by atoms with van der Waals surface area (Å²) < 4.78 is 5.90. The van der Waals surface area contributed by atoms with E-state index in [0.717, 1.165) is 22.7 Å². The molecular formula is C16H20N2O2. The molecule has 2 heterocycles. The summed E-state index contributed by atoms with van der Waals surface area (Å²) in [5.74, 6) is 0.802. The molecule has 20 heavy (non-hydrogen) atoms. The first kappa shape index (κ1) is 13.0. The van der Waals surface area contributed by atoms with E-state index in [1.807, 2.05) is 14.0 Å². The van der Waals surface area contributed by atoms with Crippen LogP contribution in [0.4, 0.5) is 11.4 Å². The number of aryl methyl sites for hydroxylation is 2. The number of likely N-dealkylation sites (N-methyl/N-ethyl adjacent to an activating group) is 1. The highest BCUT2D eigenvalue weighted by atomic mass is 16.5. The van der Waals surface area contributed by atoms with Crippen LogP contribution in [0.1, 0.15) is 25.0 Å². The number of rotatable bonds is 1. The first-order valence-corrected chi connectivity index (χ1v) is 6.89. The fourth-order valence-corrected chi connectivity index (χ4v) is 3.10. The third-order valence-corrected chi connectivity index (χ3v) is 4.34. The Morgan fingerprint density at radius 3 is 2.55 bits per heavy atom. The Labute approximate surface area is 119 Å². The molecule has 0 fully saturated rings. The van der Waals surface area contributed by atoms with E-state index in [2.05, 4.69) is 36.2 Å². The molecule has 0 amide bonds. The van der Waals surface area contributed by atoms with E-state index in [-0.39, 0.29) is 18.1 Å². The second-order valence-electron chi connectivity index (χ2n) is 5.72. The largest absolute Gasteiger partial charge is 0.472 e. The van der Waals surface area contributed by atoms with Crippen molar-refractivity contribution in [1.29, 1.82) is 0 Å². The lowest BCUT2D eigenvalue weighted by Crippen LogP contribution is -2.49. The molecule has 1 aromatic carbocycles. The first-order chi connectivity index (χ1) is 9.40. The van der Waals surface area contributed by atoms with Gasteiger partial charge >= 0.3 is 0 Å². The van der Waals surface area contributed by atoms with Crippen molar-refractivity contribution in [2.75, 3.05) is 17.3 Å². The van der Waals surface area contributed by atoms with Gasteiger partial charge in [-0.15, -0.1) is 0 Å². The SMILES string of the molecule is CC(=O)C1=C(C)OC2C1Nc1cc(C)c(C)cc1N2C. The maximum Gasteiger partial charge on any atom is 0.196 e. The molecule has 1 aromatic rings. The summed E-state index contributed by atoms with van der Waals surface area (Å²) in [4.78, 5) is 14.0. The monoisotopic (exact) mass is 272 g/mol.